The van der Waals surface area contributed by atoms with Gasteiger partial charge in [-0.3, -0.25) is 0 Å². The highest BCUT2D eigenvalue weighted by Gasteiger charge is 2.46. The molecule has 2 aromatic rings. The van der Waals surface area contributed by atoms with E-state index in [1.165, 1.54) is 30.4 Å². The number of nitrogens with one attached hydrogen (secondary N) is 2. The Hall–Kier alpha value is -1.84. The van der Waals surface area contributed by atoms with E-state index < -0.39 is 0 Å². The molecule has 0 unspecified atom stereocenters. The predicted octanol–water partition coefficient (Wildman–Crippen LogP) is 4.07. The number of fused-ring (bicyclic) bond motifs is 1. The van der Waals surface area contributed by atoms with Crippen molar-refractivity contribution in [3.63, 3.8) is 0 Å². The Bertz CT molecular complexity index is 791. The molecule has 0 amide bonds. The third-order valence-electron chi connectivity index (χ3n) is 7.24. The van der Waals surface area contributed by atoms with Crippen LogP contribution >= 0.6 is 0 Å². The lowest BCUT2D eigenvalue weighted by Gasteiger charge is -2.40. The van der Waals surface area contributed by atoms with Gasteiger partial charge in [0.1, 0.15) is 11.9 Å². The van der Waals surface area contributed by atoms with Gasteiger partial charge in [0, 0.05) is 0 Å². The van der Waals surface area contributed by atoms with Gasteiger partial charge in [-0.05, 0) is 105 Å². The molecule has 2 aliphatic heterocycles. The van der Waals surface area contributed by atoms with Crippen LogP contribution in [0.1, 0.15) is 48.3 Å². The van der Waals surface area contributed by atoms with E-state index in [4.69, 9.17) is 4.74 Å². The van der Waals surface area contributed by atoms with Crippen LogP contribution in [0.3, 0.4) is 0 Å². The third kappa shape index (κ3) is 3.58. The number of ether oxygens (including phenoxy) is 1. The lowest BCUT2D eigenvalue weighted by Crippen LogP contribution is -2.40. The van der Waals surface area contributed by atoms with Gasteiger partial charge < -0.3 is 15.4 Å². The van der Waals surface area contributed by atoms with Crippen molar-refractivity contribution in [2.45, 2.75) is 50.5 Å². The van der Waals surface area contributed by atoms with Gasteiger partial charge in [0.25, 0.3) is 0 Å². The van der Waals surface area contributed by atoms with Crippen LogP contribution in [0.15, 0.2) is 48.5 Å². The first-order valence-electron chi connectivity index (χ1n) is 11.1. The van der Waals surface area contributed by atoms with Gasteiger partial charge in [-0.1, -0.05) is 36.4 Å². The Morgan fingerprint density at radius 2 is 1.64 bits per heavy atom. The first-order valence-corrected chi connectivity index (χ1v) is 11.1. The largest absolute Gasteiger partial charge is 0.490 e. The summed E-state index contributed by atoms with van der Waals surface area (Å²) in [5.74, 6) is 1.70. The minimum absolute atomic E-state index is 0.369. The summed E-state index contributed by atoms with van der Waals surface area (Å²) in [4.78, 5) is 0. The number of hydrogen-bond acceptors (Lipinski definition) is 3. The molecule has 2 heterocycles. The van der Waals surface area contributed by atoms with Crippen molar-refractivity contribution in [3.8, 4) is 5.75 Å². The van der Waals surface area contributed by atoms with Crippen molar-refractivity contribution in [2.24, 2.45) is 5.41 Å². The Kier molecular flexibility index (Phi) is 5.13. The fourth-order valence-corrected chi connectivity index (χ4v) is 5.71. The van der Waals surface area contributed by atoms with Crippen LogP contribution in [-0.2, 0) is 12.8 Å². The zero-order valence-corrected chi connectivity index (χ0v) is 16.8. The molecule has 0 saturated carbocycles. The van der Waals surface area contributed by atoms with Crippen LogP contribution in [0.25, 0.3) is 0 Å². The second-order valence-electron chi connectivity index (χ2n) is 8.96. The summed E-state index contributed by atoms with van der Waals surface area (Å²) in [5, 5.41) is 7.01. The summed E-state index contributed by atoms with van der Waals surface area (Å²) >= 11 is 0. The molecule has 3 heteroatoms. The molecule has 0 aromatic heterocycles. The molecule has 5 rings (SSSR count). The maximum atomic E-state index is 6.36. The summed E-state index contributed by atoms with van der Waals surface area (Å²) in [6.45, 7) is 4.45. The van der Waals surface area contributed by atoms with E-state index in [-0.39, 0.29) is 0 Å². The van der Waals surface area contributed by atoms with Crippen molar-refractivity contribution in [2.75, 3.05) is 26.2 Å². The van der Waals surface area contributed by atoms with Crippen LogP contribution < -0.4 is 15.4 Å². The maximum Gasteiger partial charge on any atom is 0.120 e. The molecule has 28 heavy (non-hydrogen) atoms. The van der Waals surface area contributed by atoms with Gasteiger partial charge in [0.15, 0.2) is 0 Å². The van der Waals surface area contributed by atoms with Crippen LogP contribution in [-0.4, -0.2) is 32.3 Å². The molecule has 1 spiro atoms. The molecular weight excluding hydrogens is 344 g/mol. The van der Waals surface area contributed by atoms with Crippen molar-refractivity contribution in [1.29, 1.82) is 0 Å². The molecule has 2 N–H and O–H groups in total. The molecule has 3 aliphatic rings. The van der Waals surface area contributed by atoms with Crippen molar-refractivity contribution in [3.05, 3.63) is 65.2 Å². The maximum absolute atomic E-state index is 6.36. The first kappa shape index (κ1) is 18.2. The van der Waals surface area contributed by atoms with Crippen LogP contribution in [0.5, 0.6) is 5.75 Å². The lowest BCUT2D eigenvalue weighted by atomic mass is 9.67. The van der Waals surface area contributed by atoms with E-state index >= 15 is 0 Å². The highest BCUT2D eigenvalue weighted by Crippen LogP contribution is 2.54. The Labute approximate surface area is 168 Å². The highest BCUT2D eigenvalue weighted by molar-refractivity contribution is 5.45. The fraction of sp³-hybridized carbons (Fsp3) is 0.520. The Balaban J connectivity index is 1.42. The van der Waals surface area contributed by atoms with Crippen molar-refractivity contribution < 1.29 is 4.74 Å². The highest BCUT2D eigenvalue weighted by atomic mass is 16.5. The summed E-state index contributed by atoms with van der Waals surface area (Å²) in [5.41, 5.74) is 4.99. The topological polar surface area (TPSA) is 33.3 Å². The van der Waals surface area contributed by atoms with Gasteiger partial charge >= 0.3 is 0 Å². The Morgan fingerprint density at radius 1 is 0.893 bits per heavy atom. The zero-order chi connectivity index (χ0) is 18.8. The minimum atomic E-state index is 0.369. The fourth-order valence-electron chi connectivity index (χ4n) is 5.71. The van der Waals surface area contributed by atoms with Crippen LogP contribution in [0, 0.1) is 5.41 Å². The van der Waals surface area contributed by atoms with Gasteiger partial charge in [-0.25, -0.2) is 0 Å². The average Bonchev–Trinajstić information content (AvgIpc) is 3.02. The van der Waals surface area contributed by atoms with Gasteiger partial charge in [0.05, 0.1) is 0 Å². The summed E-state index contributed by atoms with van der Waals surface area (Å²) in [7, 11) is 0. The predicted molar refractivity (Wildman–Crippen MR) is 114 cm³/mol. The third-order valence-corrected chi connectivity index (χ3v) is 7.24. The quantitative estimate of drug-likeness (QED) is 0.844. The second-order valence-corrected chi connectivity index (χ2v) is 8.96. The smallest absolute Gasteiger partial charge is 0.120 e. The van der Waals surface area contributed by atoms with E-state index in [2.05, 4.69) is 59.2 Å². The second kappa shape index (κ2) is 7.88. The van der Waals surface area contributed by atoms with Gasteiger partial charge in [-0.15, -0.1) is 0 Å². The lowest BCUT2D eigenvalue weighted by molar-refractivity contribution is 0.162. The van der Waals surface area contributed by atoms with E-state index in [0.29, 0.717) is 17.4 Å². The molecule has 0 bridgehead atoms. The molecule has 3 nitrogen and oxygen atoms in total. The van der Waals surface area contributed by atoms with E-state index in [1.54, 1.807) is 5.56 Å². The Morgan fingerprint density at radius 3 is 2.43 bits per heavy atom. The molecule has 2 fully saturated rings. The zero-order valence-electron chi connectivity index (χ0n) is 16.8. The van der Waals surface area contributed by atoms with Crippen LogP contribution in [0.2, 0.25) is 0 Å². The summed E-state index contributed by atoms with van der Waals surface area (Å²) in [6, 6.07) is 18.0. The molecule has 2 aromatic carbocycles. The average molecular weight is 377 g/mol. The number of piperidine rings is 2. The number of benzene rings is 2. The van der Waals surface area contributed by atoms with E-state index in [1.807, 2.05) is 0 Å². The molecule has 0 radical (unpaired) electrons. The molecule has 1 aliphatic carbocycles. The number of rotatable bonds is 4. The van der Waals surface area contributed by atoms with Gasteiger partial charge in [0.2, 0.25) is 0 Å². The molecular formula is C25H32N2O. The van der Waals surface area contributed by atoms with Crippen LogP contribution in [0.4, 0.5) is 0 Å². The van der Waals surface area contributed by atoms with E-state index in [9.17, 15) is 0 Å². The SMILES string of the molecule is c1ccc(C[C@H]2c3ccc(OC4CCNCC4)cc3CC23CCNCC3)cc1. The van der Waals surface area contributed by atoms with Crippen molar-refractivity contribution in [1.82, 2.24) is 10.6 Å². The standard InChI is InChI=1S/C25H32N2O/c1-2-4-19(5-3-1)16-24-23-7-6-22(28-21-8-12-26-13-9-21)17-20(23)18-25(24)10-14-27-15-11-25/h1-7,17,21,24,26-27H,8-16,18H2/t24-/m0/s1. The monoisotopic (exact) mass is 376 g/mol. The van der Waals surface area contributed by atoms with E-state index in [0.717, 1.165) is 51.2 Å². The molecule has 148 valence electrons. The number of hydrogen-bond donors (Lipinski definition) is 2. The first-order chi connectivity index (χ1) is 13.8. The van der Waals surface area contributed by atoms with Crippen molar-refractivity contribution >= 4 is 0 Å². The summed E-state index contributed by atoms with van der Waals surface area (Å²) < 4.78 is 6.36. The molecule has 2 saturated heterocycles. The van der Waals surface area contributed by atoms with Gasteiger partial charge in [-0.2, -0.15) is 0 Å². The minimum Gasteiger partial charge on any atom is -0.490 e. The summed E-state index contributed by atoms with van der Waals surface area (Å²) in [6.07, 6.45) is 7.53. The molecule has 1 atom stereocenters. The normalized spacial score (nSPS) is 24.2.